The molecule has 1 heterocycles. The van der Waals surface area contributed by atoms with Crippen LogP contribution in [-0.2, 0) is 4.74 Å². The van der Waals surface area contributed by atoms with Gasteiger partial charge in [0, 0.05) is 25.0 Å². The van der Waals surface area contributed by atoms with Gasteiger partial charge in [0.15, 0.2) is 5.75 Å². The summed E-state index contributed by atoms with van der Waals surface area (Å²) in [5, 5.41) is 20.0. The molecule has 1 aromatic rings. The first kappa shape index (κ1) is 11.7. The normalized spacial score (nSPS) is 16.7. The molecule has 17 heavy (non-hydrogen) atoms. The lowest BCUT2D eigenvalue weighted by molar-refractivity contribution is -0.385. The summed E-state index contributed by atoms with van der Waals surface area (Å²) in [5.74, 6) is 0.0690. The van der Waals surface area contributed by atoms with E-state index in [9.17, 15) is 15.2 Å². The maximum Gasteiger partial charge on any atom is 0.310 e. The van der Waals surface area contributed by atoms with E-state index in [1.807, 2.05) is 0 Å². The van der Waals surface area contributed by atoms with Gasteiger partial charge in [0.05, 0.1) is 18.1 Å². The van der Waals surface area contributed by atoms with Crippen LogP contribution in [0.2, 0.25) is 0 Å². The first-order chi connectivity index (χ1) is 8.16. The van der Waals surface area contributed by atoms with Crippen molar-refractivity contribution in [2.75, 3.05) is 13.2 Å². The summed E-state index contributed by atoms with van der Waals surface area (Å²) in [6, 6.07) is 4.00. The van der Waals surface area contributed by atoms with E-state index in [-0.39, 0.29) is 17.5 Å². The molecule has 6 nitrogen and oxygen atoms in total. The van der Waals surface area contributed by atoms with E-state index in [0.29, 0.717) is 19.0 Å². The molecule has 2 rings (SSSR count). The SMILES string of the molecule is O=[N+]([O-])c1ccc(OC2CCOCC2)cc1O. The summed E-state index contributed by atoms with van der Waals surface area (Å²) < 4.78 is 10.8. The Balaban J connectivity index is 2.06. The predicted molar refractivity (Wildman–Crippen MR) is 59.2 cm³/mol. The lowest BCUT2D eigenvalue weighted by Gasteiger charge is -2.23. The third kappa shape index (κ3) is 2.85. The molecule has 0 unspecified atom stereocenters. The molecule has 1 fully saturated rings. The fourth-order valence-electron chi connectivity index (χ4n) is 1.72. The molecule has 0 amide bonds. The zero-order valence-corrected chi connectivity index (χ0v) is 9.17. The van der Waals surface area contributed by atoms with E-state index in [1.165, 1.54) is 18.2 Å². The van der Waals surface area contributed by atoms with Crippen LogP contribution >= 0.6 is 0 Å². The summed E-state index contributed by atoms with van der Waals surface area (Å²) in [7, 11) is 0. The Labute approximate surface area is 97.9 Å². The number of phenolic OH excluding ortho intramolecular Hbond substituents is 1. The second kappa shape index (κ2) is 5.01. The Kier molecular flexibility index (Phi) is 3.43. The van der Waals surface area contributed by atoms with Crippen LogP contribution in [-0.4, -0.2) is 29.3 Å². The monoisotopic (exact) mass is 239 g/mol. The fraction of sp³-hybridized carbons (Fsp3) is 0.455. The molecule has 0 spiro atoms. The molecule has 0 radical (unpaired) electrons. The smallest absolute Gasteiger partial charge is 0.310 e. The van der Waals surface area contributed by atoms with Crippen LogP contribution in [0.15, 0.2) is 18.2 Å². The van der Waals surface area contributed by atoms with Gasteiger partial charge in [0.2, 0.25) is 0 Å². The number of ether oxygens (including phenoxy) is 2. The summed E-state index contributed by atoms with van der Waals surface area (Å²) in [6.45, 7) is 1.31. The average Bonchev–Trinajstić information content (AvgIpc) is 2.30. The molecule has 6 heteroatoms. The summed E-state index contributed by atoms with van der Waals surface area (Å²) in [4.78, 5) is 9.88. The number of nitro groups is 1. The third-order valence-corrected chi connectivity index (χ3v) is 2.61. The van der Waals surface area contributed by atoms with E-state index in [0.717, 1.165) is 12.8 Å². The van der Waals surface area contributed by atoms with Gasteiger partial charge >= 0.3 is 5.69 Å². The van der Waals surface area contributed by atoms with E-state index >= 15 is 0 Å². The quantitative estimate of drug-likeness (QED) is 0.643. The van der Waals surface area contributed by atoms with Crippen molar-refractivity contribution in [3.05, 3.63) is 28.3 Å². The summed E-state index contributed by atoms with van der Waals surface area (Å²) >= 11 is 0. The van der Waals surface area contributed by atoms with Crippen molar-refractivity contribution in [1.29, 1.82) is 0 Å². The van der Waals surface area contributed by atoms with Crippen molar-refractivity contribution in [3.63, 3.8) is 0 Å². The van der Waals surface area contributed by atoms with Gasteiger partial charge in [-0.3, -0.25) is 10.1 Å². The van der Waals surface area contributed by atoms with Gasteiger partial charge in [-0.25, -0.2) is 0 Å². The number of nitro benzene ring substituents is 1. The van der Waals surface area contributed by atoms with Crippen molar-refractivity contribution in [2.24, 2.45) is 0 Å². The fourth-order valence-corrected chi connectivity index (χ4v) is 1.72. The number of hydrogen-bond acceptors (Lipinski definition) is 5. The summed E-state index contributed by atoms with van der Waals surface area (Å²) in [6.07, 6.45) is 1.62. The molecule has 1 saturated heterocycles. The molecular formula is C11H13NO5. The molecule has 0 aliphatic carbocycles. The van der Waals surface area contributed by atoms with E-state index in [4.69, 9.17) is 9.47 Å². The average molecular weight is 239 g/mol. The van der Waals surface area contributed by atoms with E-state index in [2.05, 4.69) is 0 Å². The number of nitrogens with zero attached hydrogens (tertiary/aromatic N) is 1. The highest BCUT2D eigenvalue weighted by Gasteiger charge is 2.18. The largest absolute Gasteiger partial charge is 0.502 e. The van der Waals surface area contributed by atoms with Gasteiger partial charge in [0.1, 0.15) is 11.9 Å². The number of aromatic hydroxyl groups is 1. The second-order valence-corrected chi connectivity index (χ2v) is 3.84. The number of phenols is 1. The van der Waals surface area contributed by atoms with Crippen LogP contribution in [0.1, 0.15) is 12.8 Å². The van der Waals surface area contributed by atoms with Gasteiger partial charge in [-0.2, -0.15) is 0 Å². The van der Waals surface area contributed by atoms with Crippen LogP contribution < -0.4 is 4.74 Å². The minimum absolute atomic E-state index is 0.0459. The van der Waals surface area contributed by atoms with Crippen LogP contribution in [0.4, 0.5) is 5.69 Å². The van der Waals surface area contributed by atoms with Gasteiger partial charge in [-0.1, -0.05) is 0 Å². The Bertz CT molecular complexity index is 414. The van der Waals surface area contributed by atoms with Gasteiger partial charge in [0.25, 0.3) is 0 Å². The van der Waals surface area contributed by atoms with Gasteiger partial charge in [-0.05, 0) is 6.07 Å². The molecule has 1 aliphatic rings. The predicted octanol–water partition coefficient (Wildman–Crippen LogP) is 1.86. The first-order valence-electron chi connectivity index (χ1n) is 5.38. The van der Waals surface area contributed by atoms with Crippen molar-refractivity contribution in [1.82, 2.24) is 0 Å². The van der Waals surface area contributed by atoms with Crippen LogP contribution in [0.25, 0.3) is 0 Å². The minimum atomic E-state index is -0.631. The van der Waals surface area contributed by atoms with E-state index in [1.54, 1.807) is 0 Å². The highest BCUT2D eigenvalue weighted by Crippen LogP contribution is 2.30. The second-order valence-electron chi connectivity index (χ2n) is 3.84. The number of rotatable bonds is 3. The van der Waals surface area contributed by atoms with Crippen molar-refractivity contribution < 1.29 is 19.5 Å². The molecule has 1 aliphatic heterocycles. The van der Waals surface area contributed by atoms with E-state index < -0.39 is 4.92 Å². The lowest BCUT2D eigenvalue weighted by atomic mass is 10.1. The molecule has 0 atom stereocenters. The molecule has 1 N–H and O–H groups in total. The molecule has 0 aromatic heterocycles. The zero-order chi connectivity index (χ0) is 12.3. The first-order valence-corrected chi connectivity index (χ1v) is 5.38. The van der Waals surface area contributed by atoms with Crippen LogP contribution in [0.5, 0.6) is 11.5 Å². The summed E-state index contributed by atoms with van der Waals surface area (Å²) in [5.41, 5.74) is -0.315. The highest BCUT2D eigenvalue weighted by atomic mass is 16.6. The van der Waals surface area contributed by atoms with Crippen LogP contribution in [0.3, 0.4) is 0 Å². The zero-order valence-electron chi connectivity index (χ0n) is 9.17. The number of hydrogen-bond donors (Lipinski definition) is 1. The molecule has 1 aromatic carbocycles. The lowest BCUT2D eigenvalue weighted by Crippen LogP contribution is -2.25. The van der Waals surface area contributed by atoms with Crippen molar-refractivity contribution in [3.8, 4) is 11.5 Å². The Morgan fingerprint density at radius 2 is 2.12 bits per heavy atom. The maximum atomic E-state index is 10.5. The Morgan fingerprint density at radius 1 is 1.41 bits per heavy atom. The van der Waals surface area contributed by atoms with Gasteiger partial charge < -0.3 is 14.6 Å². The van der Waals surface area contributed by atoms with Crippen molar-refractivity contribution >= 4 is 5.69 Å². The number of benzene rings is 1. The third-order valence-electron chi connectivity index (χ3n) is 2.61. The van der Waals surface area contributed by atoms with Crippen molar-refractivity contribution in [2.45, 2.75) is 18.9 Å². The van der Waals surface area contributed by atoms with Gasteiger partial charge in [-0.15, -0.1) is 0 Å². The Morgan fingerprint density at radius 3 is 2.71 bits per heavy atom. The minimum Gasteiger partial charge on any atom is -0.502 e. The Hall–Kier alpha value is -1.82. The molecular weight excluding hydrogens is 226 g/mol. The topological polar surface area (TPSA) is 81.8 Å². The highest BCUT2D eigenvalue weighted by molar-refractivity contribution is 5.49. The standard InChI is InChI=1S/C11H13NO5/c13-11-7-9(1-2-10(11)12(14)15)17-8-3-5-16-6-4-8/h1-2,7-8,13H,3-6H2. The van der Waals surface area contributed by atoms with Crippen LogP contribution in [0, 0.1) is 10.1 Å². The molecule has 0 saturated carbocycles. The maximum absolute atomic E-state index is 10.5. The molecule has 0 bridgehead atoms. The molecule has 92 valence electrons.